The minimum atomic E-state index is -4.82. The highest BCUT2D eigenvalue weighted by atomic mass is 35.5. The number of hydrogen-bond acceptors (Lipinski definition) is 24. The standard InChI is InChI=1S/C28H36F3N3O7.C19H30ClN3O5.C19H32ClN3O5.C14H24ClN3O3.C9H7F3O2.C5H8O3.ClH/c1-15(2)12-20(34-26(38)22-8-5-11-40-22)25(37)33-19(13-17-9-10-32-24(17)36)21(35)14-41-27(39)23-16(3)6-4-7-18(23)28(29,30)31;1-11(2)8-14(23-19(27)16-4-3-7-28-16)18(26)22-13(15(24)10-20)9-12-5-6-21-17(12)25;1-11(2)8-14(23-18(27)28-19(3,4)5)17(26)22-13(15(24)10-20)9-12-6-7-21-16(12)25;1-8(2)5-10(16)14(21)18-11(12(19)7-15)6-9-3-4-17-13(9)20;1-5-3-2-4-6(9(10,11)12)7(5)8(13)14;6-5(7)4-2-1-3-8-4;/h4,6-7,15,17,19-20,22H,5,8-14H2,1-3H3,(H,32,36)(H,33,37)(H,34,38);11-14,16H,3-10H2,1-2H3,(H,21,25)(H,22,26)(H,23,27);11-14H,6-10H2,1-5H3,(H,21,25)(H,22,26)(H,23,27);8-11H,3-7,16H2,1-2H3,(H,17,20)(H,18,21);2-4H,1H3,(H,13,14);4H,1-3H2,(H,6,7);1H/t17-,19-,20-,22+;12-,13-,14-,16+;12-,13-,14-;9-,10-,11-;;4-;/m0000.1./s1. The van der Waals surface area contributed by atoms with E-state index < -0.39 is 173 Å². The highest BCUT2D eigenvalue weighted by Crippen LogP contribution is 2.36. The second-order valence-corrected chi connectivity index (χ2v) is 38.5. The first-order valence-corrected chi connectivity index (χ1v) is 48.4. The van der Waals surface area contributed by atoms with Crippen LogP contribution in [0.2, 0.25) is 0 Å². The minimum absolute atomic E-state index is 0. The predicted molar refractivity (Wildman–Crippen MR) is 507 cm³/mol. The normalized spacial score (nSPS) is 20.3. The van der Waals surface area contributed by atoms with Gasteiger partial charge in [0.2, 0.25) is 59.1 Å². The third-order valence-corrected chi connectivity index (χ3v) is 23.8. The second kappa shape index (κ2) is 61.3. The van der Waals surface area contributed by atoms with E-state index in [9.17, 15) is 113 Å². The van der Waals surface area contributed by atoms with Gasteiger partial charge in [0.15, 0.2) is 35.8 Å². The predicted octanol–water partition coefficient (Wildman–Crippen LogP) is 8.28. The summed E-state index contributed by atoms with van der Waals surface area (Å²) in [5.74, 6) is -10.6. The maximum Gasteiger partial charge on any atom is 0.417 e. The van der Waals surface area contributed by atoms with Crippen molar-refractivity contribution in [1.29, 1.82) is 0 Å². The van der Waals surface area contributed by atoms with Crippen LogP contribution in [0.15, 0.2) is 36.4 Å². The van der Waals surface area contributed by atoms with Gasteiger partial charge < -0.3 is 98.1 Å². The molecule has 0 spiro atoms. The molecule has 0 radical (unpaired) electrons. The molecule has 0 aromatic heterocycles. The van der Waals surface area contributed by atoms with Gasteiger partial charge in [-0.15, -0.1) is 47.2 Å². The molecule has 7 fully saturated rings. The van der Waals surface area contributed by atoms with Crippen LogP contribution in [0.3, 0.4) is 0 Å². The molecule has 37 nitrogen and oxygen atoms in total. The van der Waals surface area contributed by atoms with Crippen LogP contribution in [0.1, 0.15) is 235 Å². The first-order valence-electron chi connectivity index (χ1n) is 46.8. The van der Waals surface area contributed by atoms with Crippen LogP contribution >= 0.6 is 47.2 Å². The molecule has 15 N–H and O–H groups in total. The lowest BCUT2D eigenvalue weighted by Gasteiger charge is -2.26. The van der Waals surface area contributed by atoms with Crippen molar-refractivity contribution in [1.82, 2.24) is 58.5 Å². The van der Waals surface area contributed by atoms with Crippen LogP contribution in [0.25, 0.3) is 0 Å². The Hall–Kier alpha value is -9.92. The average Bonchev–Trinajstić information content (AvgIpc) is 1.79. The quantitative estimate of drug-likeness (QED) is 0.0169. The van der Waals surface area contributed by atoms with E-state index in [1.54, 1.807) is 20.8 Å². The van der Waals surface area contributed by atoms with Gasteiger partial charge in [-0.2, -0.15) is 26.3 Å². The van der Waals surface area contributed by atoms with Crippen molar-refractivity contribution in [3.05, 3.63) is 69.8 Å². The average molecular weight is 2090 g/mol. The molecular formula is C94H138Cl4F6N12O25. The molecule has 0 saturated carbocycles. The molecule has 11 amide bonds. The van der Waals surface area contributed by atoms with Gasteiger partial charge in [0.25, 0.3) is 0 Å². The summed E-state index contributed by atoms with van der Waals surface area (Å²) < 4.78 is 103. The van der Waals surface area contributed by atoms with E-state index in [1.807, 2.05) is 55.4 Å². The highest BCUT2D eigenvalue weighted by Gasteiger charge is 2.43. The summed E-state index contributed by atoms with van der Waals surface area (Å²) in [7, 11) is 0. The van der Waals surface area contributed by atoms with Crippen LogP contribution in [-0.2, 0) is 108 Å². The summed E-state index contributed by atoms with van der Waals surface area (Å²) in [4.78, 5) is 218. The second-order valence-electron chi connectivity index (χ2n) is 37.7. The SMILES string of the molecule is CC(C)C[C@H](N)C(=O)N[C@@H](C[C@@H]1CCNC1=O)C(=O)CCl.CC(C)C[C@H](NC(=O)OC(C)(C)C)C(=O)N[C@@H](C[C@@H]1CCNC1=O)C(=O)CCl.CC(C)C[C@H](NC(=O)[C@H]1CCCO1)C(=O)N[C@@H](C[C@@H]1CCNC1=O)C(=O)CCl.Cc1cccc(C(F)(F)F)c1C(=O)O.Cc1cccc(C(F)(F)F)c1C(=O)OCC(=O)[C@H](C[C@@H]1CCNC1=O)NC(=O)[C@H](CC(C)C)NC(=O)[C@H]1CCCO1.Cl.O=C(O)[C@H]1CCCO1. The number of alkyl halides is 9. The van der Waals surface area contributed by atoms with Crippen LogP contribution in [0.4, 0.5) is 31.1 Å². The van der Waals surface area contributed by atoms with Crippen molar-refractivity contribution in [2.24, 2.45) is 53.1 Å². The number of carbonyl (C=O) groups excluding carboxylic acids is 16. The van der Waals surface area contributed by atoms with Crippen LogP contribution in [0, 0.1) is 61.2 Å². The van der Waals surface area contributed by atoms with Crippen LogP contribution in [-0.4, -0.2) is 259 Å². The molecule has 0 unspecified atom stereocenters. The largest absolute Gasteiger partial charge is 0.479 e. The number of amides is 11. The number of alkyl carbamates (subject to hydrolysis) is 1. The van der Waals surface area contributed by atoms with Crippen molar-refractivity contribution in [3.63, 3.8) is 0 Å². The number of nitrogens with one attached hydrogen (secondary N) is 11. The minimum Gasteiger partial charge on any atom is -0.479 e. The zero-order valence-electron chi connectivity index (χ0n) is 81.6. The van der Waals surface area contributed by atoms with Gasteiger partial charge in [-0.1, -0.05) is 79.7 Å². The summed E-state index contributed by atoms with van der Waals surface area (Å²) in [5.41, 5.74) is 1.54. The molecule has 2 aromatic carbocycles. The Morgan fingerprint density at radius 2 is 0.738 bits per heavy atom. The number of carbonyl (C=O) groups is 18. The molecule has 794 valence electrons. The van der Waals surface area contributed by atoms with Crippen molar-refractivity contribution in [2.45, 2.75) is 290 Å². The summed E-state index contributed by atoms with van der Waals surface area (Å²) in [5, 5.41) is 46.3. The van der Waals surface area contributed by atoms with Gasteiger partial charge in [0.05, 0.1) is 70.1 Å². The number of ketones is 4. The van der Waals surface area contributed by atoms with Crippen molar-refractivity contribution >= 4 is 153 Å². The van der Waals surface area contributed by atoms with Crippen LogP contribution < -0.4 is 64.2 Å². The molecule has 7 saturated heterocycles. The summed E-state index contributed by atoms with van der Waals surface area (Å²) in [6, 6.07) is -0.596. The maximum atomic E-state index is 13.5. The van der Waals surface area contributed by atoms with E-state index in [2.05, 4.69) is 58.5 Å². The third-order valence-electron chi connectivity index (χ3n) is 23.0. The number of benzene rings is 2. The van der Waals surface area contributed by atoms with Crippen molar-refractivity contribution in [2.75, 3.05) is 70.2 Å². The van der Waals surface area contributed by atoms with E-state index >= 15 is 0 Å². The molecule has 2 aromatic rings. The number of aliphatic carboxylic acids is 1. The Balaban J connectivity index is 0.000000458. The fourth-order valence-corrected chi connectivity index (χ4v) is 16.4. The number of carboxylic acid groups (broad SMARTS) is 2. The van der Waals surface area contributed by atoms with E-state index in [1.165, 1.54) is 32.0 Å². The van der Waals surface area contributed by atoms with Gasteiger partial charge in [0.1, 0.15) is 35.9 Å². The summed E-state index contributed by atoms with van der Waals surface area (Å²) in [6.45, 7) is 26.0. The number of nitrogens with two attached hydrogens (primary N) is 1. The Labute approximate surface area is 837 Å². The molecule has 0 aliphatic carbocycles. The zero-order chi connectivity index (χ0) is 105. The Morgan fingerprint density at radius 3 is 1.00 bits per heavy atom. The fourth-order valence-electron chi connectivity index (χ4n) is 15.8. The third kappa shape index (κ3) is 44.5. The molecule has 7 heterocycles. The Kier molecular flexibility index (Phi) is 54.4. The number of Topliss-reactive ketones (excluding diaryl/α,β-unsaturated/α-hetero) is 4. The first-order chi connectivity index (χ1) is 65.5. The monoisotopic (exact) mass is 2090 g/mol. The number of carboxylic acids is 2. The lowest BCUT2D eigenvalue weighted by atomic mass is 9.95. The lowest BCUT2D eigenvalue weighted by Crippen LogP contribution is -2.54. The summed E-state index contributed by atoms with van der Waals surface area (Å²) >= 11 is 17.0. The van der Waals surface area contributed by atoms with Gasteiger partial charge in [0, 0.05) is 69.7 Å². The molecule has 47 heteroatoms. The maximum absolute atomic E-state index is 13.5. The fraction of sp³-hybridized carbons (Fsp3) is 0.681. The van der Waals surface area contributed by atoms with Gasteiger partial charge >= 0.3 is 36.4 Å². The van der Waals surface area contributed by atoms with Crippen LogP contribution in [0.5, 0.6) is 0 Å². The summed E-state index contributed by atoms with van der Waals surface area (Å²) in [6.07, 6.45) is -3.22. The molecule has 7 aliphatic heterocycles. The number of aryl methyl sites for hydroxylation is 2. The van der Waals surface area contributed by atoms with E-state index in [-0.39, 0.29) is 167 Å². The van der Waals surface area contributed by atoms with Crippen molar-refractivity contribution < 1.29 is 147 Å². The molecule has 9 rings (SSSR count). The molecular weight excluding hydrogens is 1950 g/mol. The van der Waals surface area contributed by atoms with E-state index in [0.717, 1.165) is 31.0 Å². The number of aromatic carboxylic acids is 1. The Bertz CT molecular complexity index is 4550. The number of halogens is 10. The van der Waals surface area contributed by atoms with E-state index in [4.69, 9.17) is 74.4 Å². The highest BCUT2D eigenvalue weighted by molar-refractivity contribution is 6.29. The van der Waals surface area contributed by atoms with Gasteiger partial charge in [-0.25, -0.2) is 19.2 Å². The topological polar surface area (TPSA) is 552 Å². The first kappa shape index (κ1) is 125. The number of hydrogen-bond donors (Lipinski definition) is 14. The molecule has 0 bridgehead atoms. The molecule has 141 heavy (non-hydrogen) atoms. The lowest BCUT2D eigenvalue weighted by molar-refractivity contribution is -0.147. The molecule has 7 aliphatic rings. The van der Waals surface area contributed by atoms with E-state index in [0.29, 0.717) is 117 Å². The Morgan fingerprint density at radius 1 is 0.433 bits per heavy atom. The van der Waals surface area contributed by atoms with Crippen molar-refractivity contribution in [3.8, 4) is 0 Å². The number of ether oxygens (including phenoxy) is 5. The zero-order valence-corrected chi connectivity index (χ0v) is 84.7. The number of esters is 1. The van der Waals surface area contributed by atoms with Gasteiger partial charge in [-0.3, -0.25) is 67.1 Å². The smallest absolute Gasteiger partial charge is 0.417 e. The van der Waals surface area contributed by atoms with Gasteiger partial charge in [-0.05, 0) is 197 Å². The number of rotatable bonds is 41. The molecule has 15 atom stereocenters.